The Hall–Kier alpha value is -2.93. The number of benzene rings is 2. The van der Waals surface area contributed by atoms with E-state index < -0.39 is 15.9 Å². The molecular weight excluding hydrogens is 364 g/mol. The van der Waals surface area contributed by atoms with Gasteiger partial charge >= 0.3 is 0 Å². The molecule has 0 bridgehead atoms. The van der Waals surface area contributed by atoms with Gasteiger partial charge in [0, 0.05) is 24.0 Å². The average molecular weight is 384 g/mol. The van der Waals surface area contributed by atoms with Gasteiger partial charge in [-0.05, 0) is 24.6 Å². The van der Waals surface area contributed by atoms with Crippen molar-refractivity contribution in [2.45, 2.75) is 31.6 Å². The molecule has 140 valence electrons. The number of hydrogen-bond acceptors (Lipinski definition) is 5. The monoisotopic (exact) mass is 384 g/mol. The number of aromatic nitrogens is 1. The van der Waals surface area contributed by atoms with Gasteiger partial charge in [-0.2, -0.15) is 0 Å². The lowest BCUT2D eigenvalue weighted by atomic mass is 10.00. The lowest BCUT2D eigenvalue weighted by Crippen LogP contribution is -2.29. The average Bonchev–Trinajstić information content (AvgIpc) is 3.03. The molecule has 7 heteroatoms. The first-order chi connectivity index (χ1) is 12.9. The largest absolute Gasteiger partial charge is 0.361 e. The van der Waals surface area contributed by atoms with Crippen LogP contribution in [0, 0.1) is 6.92 Å². The van der Waals surface area contributed by atoms with E-state index in [1.807, 2.05) is 42.0 Å². The summed E-state index contributed by atoms with van der Waals surface area (Å²) in [5, 5.41) is 4.16. The summed E-state index contributed by atoms with van der Waals surface area (Å²) in [6.45, 7) is 3.45. The molecule has 0 saturated carbocycles. The zero-order chi connectivity index (χ0) is 19.4. The molecule has 2 aromatic carbocycles. The molecule has 0 aliphatic carbocycles. The van der Waals surface area contributed by atoms with Gasteiger partial charge < -0.3 is 4.52 Å². The maximum absolute atomic E-state index is 12.2. The Morgan fingerprint density at radius 2 is 1.74 bits per heavy atom. The van der Waals surface area contributed by atoms with Gasteiger partial charge in [-0.25, -0.2) is 13.1 Å². The van der Waals surface area contributed by atoms with Gasteiger partial charge in [0.15, 0.2) is 0 Å². The Balaban J connectivity index is 1.84. The predicted octanol–water partition coefficient (Wildman–Crippen LogP) is 3.46. The van der Waals surface area contributed by atoms with Crippen molar-refractivity contribution in [1.29, 1.82) is 0 Å². The van der Waals surface area contributed by atoms with Crippen LogP contribution in [0.4, 0.5) is 0 Å². The van der Waals surface area contributed by atoms with E-state index in [1.54, 1.807) is 19.1 Å². The third-order valence-electron chi connectivity index (χ3n) is 4.22. The highest BCUT2D eigenvalue weighted by atomic mass is 32.2. The van der Waals surface area contributed by atoms with E-state index in [9.17, 15) is 13.2 Å². The van der Waals surface area contributed by atoms with Gasteiger partial charge in [0.25, 0.3) is 10.0 Å². The highest BCUT2D eigenvalue weighted by Gasteiger charge is 2.18. The van der Waals surface area contributed by atoms with Crippen LogP contribution in [0.25, 0.3) is 11.3 Å². The van der Waals surface area contributed by atoms with Crippen molar-refractivity contribution in [3.05, 3.63) is 71.5 Å². The Morgan fingerprint density at radius 3 is 2.37 bits per heavy atom. The smallest absolute Gasteiger partial charge is 0.264 e. The first kappa shape index (κ1) is 18.8. The van der Waals surface area contributed by atoms with Gasteiger partial charge in [0.2, 0.25) is 5.91 Å². The third kappa shape index (κ3) is 4.25. The molecule has 0 radical (unpaired) electrons. The summed E-state index contributed by atoms with van der Waals surface area (Å²) in [7, 11) is -3.84. The van der Waals surface area contributed by atoms with E-state index in [2.05, 4.69) is 5.16 Å². The fourth-order valence-corrected chi connectivity index (χ4v) is 3.75. The number of nitrogens with one attached hydrogen (secondary N) is 1. The van der Waals surface area contributed by atoms with E-state index in [0.29, 0.717) is 6.42 Å². The number of nitrogens with zero attached hydrogens (tertiary/aromatic N) is 1. The molecular formula is C20H20N2O4S. The molecule has 0 unspecified atom stereocenters. The minimum Gasteiger partial charge on any atom is -0.361 e. The fraction of sp³-hybridized carbons (Fsp3) is 0.200. The van der Waals surface area contributed by atoms with Crippen molar-refractivity contribution >= 4 is 15.9 Å². The van der Waals surface area contributed by atoms with E-state index in [-0.39, 0.29) is 11.3 Å². The van der Waals surface area contributed by atoms with Gasteiger partial charge in [-0.1, -0.05) is 54.5 Å². The zero-order valence-electron chi connectivity index (χ0n) is 15.1. The molecule has 1 N–H and O–H groups in total. The standard InChI is InChI=1S/C20H20N2O4S/c1-3-19(23)22-27(24,25)17-11-9-15(10-12-17)13-18-14(2)26-21-20(18)16-7-5-4-6-8-16/h4-12H,3,13H2,1-2H3,(H,22,23). The zero-order valence-corrected chi connectivity index (χ0v) is 15.9. The van der Waals surface area contributed by atoms with E-state index >= 15 is 0 Å². The highest BCUT2D eigenvalue weighted by molar-refractivity contribution is 7.90. The maximum atomic E-state index is 12.2. The SMILES string of the molecule is CCC(=O)NS(=O)(=O)c1ccc(Cc2c(-c3ccccc3)noc2C)cc1. The van der Waals surface area contributed by atoms with Crippen molar-refractivity contribution in [3.8, 4) is 11.3 Å². The van der Waals surface area contributed by atoms with Crippen LogP contribution >= 0.6 is 0 Å². The topological polar surface area (TPSA) is 89.3 Å². The summed E-state index contributed by atoms with van der Waals surface area (Å²) in [5.41, 5.74) is 3.61. The summed E-state index contributed by atoms with van der Waals surface area (Å²) in [6.07, 6.45) is 0.660. The van der Waals surface area contributed by atoms with E-state index in [0.717, 1.165) is 28.1 Å². The second-order valence-corrected chi connectivity index (χ2v) is 7.82. The minimum atomic E-state index is -3.84. The van der Waals surface area contributed by atoms with Crippen LogP contribution in [0.2, 0.25) is 0 Å². The number of hydrogen-bond donors (Lipinski definition) is 1. The van der Waals surface area contributed by atoms with E-state index in [4.69, 9.17) is 4.52 Å². The molecule has 0 atom stereocenters. The van der Waals surface area contributed by atoms with Crippen LogP contribution in [0.15, 0.2) is 64.0 Å². The molecule has 27 heavy (non-hydrogen) atoms. The molecule has 6 nitrogen and oxygen atoms in total. The molecule has 0 aliphatic rings. The minimum absolute atomic E-state index is 0.0540. The Bertz CT molecular complexity index is 1040. The van der Waals surface area contributed by atoms with Crippen LogP contribution < -0.4 is 4.72 Å². The number of carbonyl (C=O) groups is 1. The molecule has 0 aliphatic heterocycles. The summed E-state index contributed by atoms with van der Waals surface area (Å²) in [4.78, 5) is 11.4. The van der Waals surface area contributed by atoms with Crippen LogP contribution in [0.5, 0.6) is 0 Å². The molecule has 0 fully saturated rings. The molecule has 0 saturated heterocycles. The summed E-state index contributed by atoms with van der Waals surface area (Å²) in [5.74, 6) is 0.187. The van der Waals surface area contributed by atoms with Gasteiger partial charge in [-0.15, -0.1) is 0 Å². The Morgan fingerprint density at radius 1 is 1.07 bits per heavy atom. The maximum Gasteiger partial charge on any atom is 0.264 e. The third-order valence-corrected chi connectivity index (χ3v) is 5.60. The van der Waals surface area contributed by atoms with E-state index in [1.165, 1.54) is 12.1 Å². The van der Waals surface area contributed by atoms with Gasteiger partial charge in [-0.3, -0.25) is 4.79 Å². The number of aryl methyl sites for hydroxylation is 1. The number of amides is 1. The fourth-order valence-electron chi connectivity index (χ4n) is 2.69. The summed E-state index contributed by atoms with van der Waals surface area (Å²) >= 11 is 0. The quantitative estimate of drug-likeness (QED) is 0.703. The predicted molar refractivity (Wildman–Crippen MR) is 102 cm³/mol. The molecule has 1 aromatic heterocycles. The van der Waals surface area contributed by atoms with Crippen molar-refractivity contribution in [2.75, 3.05) is 0 Å². The Kier molecular flexibility index (Phi) is 5.41. The van der Waals surface area contributed by atoms with Crippen LogP contribution in [0.1, 0.15) is 30.2 Å². The highest BCUT2D eigenvalue weighted by Crippen LogP contribution is 2.27. The molecule has 3 aromatic rings. The van der Waals surface area contributed by atoms with Crippen molar-refractivity contribution in [1.82, 2.24) is 9.88 Å². The first-order valence-corrected chi connectivity index (χ1v) is 10.0. The lowest BCUT2D eigenvalue weighted by molar-refractivity contribution is -0.119. The number of sulfonamides is 1. The molecule has 3 rings (SSSR count). The molecule has 0 spiro atoms. The van der Waals surface area contributed by atoms with Crippen molar-refractivity contribution < 1.29 is 17.7 Å². The number of carbonyl (C=O) groups excluding carboxylic acids is 1. The summed E-state index contributed by atoms with van der Waals surface area (Å²) in [6, 6.07) is 16.2. The second kappa shape index (κ2) is 7.75. The van der Waals surface area contributed by atoms with Crippen molar-refractivity contribution in [2.24, 2.45) is 0 Å². The normalized spacial score (nSPS) is 11.3. The van der Waals surface area contributed by atoms with Crippen LogP contribution in [-0.4, -0.2) is 19.5 Å². The molecule has 1 heterocycles. The lowest BCUT2D eigenvalue weighted by Gasteiger charge is -2.07. The van der Waals surface area contributed by atoms with Crippen molar-refractivity contribution in [3.63, 3.8) is 0 Å². The second-order valence-electron chi connectivity index (χ2n) is 6.13. The Labute approximate surface area is 158 Å². The van der Waals surface area contributed by atoms with Crippen LogP contribution in [0.3, 0.4) is 0 Å². The van der Waals surface area contributed by atoms with Gasteiger partial charge in [0.05, 0.1) is 4.90 Å². The van der Waals surface area contributed by atoms with Crippen LogP contribution in [-0.2, 0) is 21.2 Å². The summed E-state index contributed by atoms with van der Waals surface area (Å²) < 4.78 is 31.7. The first-order valence-electron chi connectivity index (χ1n) is 8.56. The molecule has 1 amide bonds. The number of rotatable bonds is 6. The van der Waals surface area contributed by atoms with Gasteiger partial charge in [0.1, 0.15) is 11.5 Å².